The van der Waals surface area contributed by atoms with Gasteiger partial charge in [-0.25, -0.2) is 0 Å². The number of nitrogens with zero attached hydrogens (tertiary/aromatic N) is 1. The molecule has 0 aliphatic carbocycles. The standard InChI is InChI=1S/C19H22N2O3/c22-18(15-5-2-1-3-6-15)20-12-19-13-21(9-16(19)11-23-14-19)10-17-7-4-8-24-17/h1-8,16H,9-14H2,(H,20,22)/t16-,19+/m1/s1. The molecule has 3 heterocycles. The van der Waals surface area contributed by atoms with Crippen LogP contribution in [-0.4, -0.2) is 43.7 Å². The number of likely N-dealkylation sites (tertiary alicyclic amines) is 1. The lowest BCUT2D eigenvalue weighted by Gasteiger charge is -2.27. The number of carbonyl (C=O) groups excluding carboxylic acids is 1. The summed E-state index contributed by atoms with van der Waals surface area (Å²) in [6, 6.07) is 13.3. The summed E-state index contributed by atoms with van der Waals surface area (Å²) in [5, 5.41) is 3.11. The summed E-state index contributed by atoms with van der Waals surface area (Å²) < 4.78 is 11.2. The van der Waals surface area contributed by atoms with Gasteiger partial charge >= 0.3 is 0 Å². The Morgan fingerprint density at radius 3 is 2.92 bits per heavy atom. The number of amides is 1. The van der Waals surface area contributed by atoms with Crippen molar-refractivity contribution in [1.29, 1.82) is 0 Å². The van der Waals surface area contributed by atoms with Crippen LogP contribution in [0.2, 0.25) is 0 Å². The quantitative estimate of drug-likeness (QED) is 0.915. The van der Waals surface area contributed by atoms with Crippen LogP contribution in [0.25, 0.3) is 0 Å². The van der Waals surface area contributed by atoms with Crippen molar-refractivity contribution >= 4 is 5.91 Å². The number of furan rings is 1. The van der Waals surface area contributed by atoms with Gasteiger partial charge in [0.2, 0.25) is 0 Å². The Balaban J connectivity index is 1.40. The molecule has 0 bridgehead atoms. The number of hydrogen-bond acceptors (Lipinski definition) is 4. The van der Waals surface area contributed by atoms with Gasteiger partial charge in [-0.2, -0.15) is 0 Å². The number of ether oxygens (including phenoxy) is 1. The molecule has 126 valence electrons. The van der Waals surface area contributed by atoms with Crippen molar-refractivity contribution in [1.82, 2.24) is 10.2 Å². The molecule has 2 saturated heterocycles. The molecule has 0 radical (unpaired) electrons. The lowest BCUT2D eigenvalue weighted by atomic mass is 9.81. The van der Waals surface area contributed by atoms with Crippen LogP contribution in [0.4, 0.5) is 0 Å². The highest BCUT2D eigenvalue weighted by Crippen LogP contribution is 2.41. The summed E-state index contributed by atoms with van der Waals surface area (Å²) in [4.78, 5) is 14.7. The molecule has 1 amide bonds. The Bertz CT molecular complexity index is 686. The number of benzene rings is 1. The summed E-state index contributed by atoms with van der Waals surface area (Å²) >= 11 is 0. The Morgan fingerprint density at radius 1 is 1.25 bits per heavy atom. The first-order chi connectivity index (χ1) is 11.8. The molecule has 1 aromatic carbocycles. The lowest BCUT2D eigenvalue weighted by molar-refractivity contribution is 0.0902. The molecule has 24 heavy (non-hydrogen) atoms. The Hall–Kier alpha value is -2.11. The van der Waals surface area contributed by atoms with Crippen molar-refractivity contribution in [2.75, 3.05) is 32.8 Å². The summed E-state index contributed by atoms with van der Waals surface area (Å²) in [7, 11) is 0. The van der Waals surface area contributed by atoms with Gasteiger partial charge in [0.05, 0.1) is 26.0 Å². The highest BCUT2D eigenvalue weighted by Gasteiger charge is 2.50. The van der Waals surface area contributed by atoms with E-state index in [4.69, 9.17) is 9.15 Å². The summed E-state index contributed by atoms with van der Waals surface area (Å²) in [6.45, 7) is 4.87. The van der Waals surface area contributed by atoms with E-state index in [1.54, 1.807) is 6.26 Å². The van der Waals surface area contributed by atoms with Crippen molar-refractivity contribution < 1.29 is 13.9 Å². The van der Waals surface area contributed by atoms with Gasteiger partial charge in [0, 0.05) is 36.5 Å². The normalized spacial score (nSPS) is 26.4. The predicted molar refractivity (Wildman–Crippen MR) is 89.5 cm³/mol. The van der Waals surface area contributed by atoms with Crippen molar-refractivity contribution in [3.8, 4) is 0 Å². The maximum atomic E-state index is 12.3. The molecular formula is C19H22N2O3. The van der Waals surface area contributed by atoms with Crippen LogP contribution in [0, 0.1) is 11.3 Å². The second kappa shape index (κ2) is 6.42. The Labute approximate surface area is 141 Å². The largest absolute Gasteiger partial charge is 0.468 e. The fourth-order valence-corrected chi connectivity index (χ4v) is 3.88. The minimum Gasteiger partial charge on any atom is -0.468 e. The molecule has 4 rings (SSSR count). The monoisotopic (exact) mass is 326 g/mol. The minimum atomic E-state index is -0.0138. The molecule has 0 unspecified atom stereocenters. The van der Waals surface area contributed by atoms with E-state index in [2.05, 4.69) is 10.2 Å². The molecule has 2 aliphatic rings. The summed E-state index contributed by atoms with van der Waals surface area (Å²) in [6.07, 6.45) is 1.71. The van der Waals surface area contributed by atoms with Crippen molar-refractivity contribution in [3.05, 3.63) is 60.1 Å². The third kappa shape index (κ3) is 2.97. The first-order valence-corrected chi connectivity index (χ1v) is 8.41. The van der Waals surface area contributed by atoms with Gasteiger partial charge in [-0.05, 0) is 24.3 Å². The smallest absolute Gasteiger partial charge is 0.251 e. The van der Waals surface area contributed by atoms with E-state index in [0.717, 1.165) is 32.0 Å². The van der Waals surface area contributed by atoms with Gasteiger partial charge in [-0.3, -0.25) is 9.69 Å². The van der Waals surface area contributed by atoms with E-state index in [1.807, 2.05) is 42.5 Å². The van der Waals surface area contributed by atoms with E-state index in [9.17, 15) is 4.79 Å². The molecule has 1 N–H and O–H groups in total. The molecule has 1 aromatic heterocycles. The van der Waals surface area contributed by atoms with Gasteiger partial charge < -0.3 is 14.5 Å². The molecule has 0 saturated carbocycles. The van der Waals surface area contributed by atoms with Crippen LogP contribution in [0.1, 0.15) is 16.1 Å². The summed E-state index contributed by atoms with van der Waals surface area (Å²) in [5.74, 6) is 1.43. The first kappa shape index (κ1) is 15.4. The molecule has 2 fully saturated rings. The van der Waals surface area contributed by atoms with Crippen molar-refractivity contribution in [2.45, 2.75) is 6.54 Å². The topological polar surface area (TPSA) is 54.7 Å². The fraction of sp³-hybridized carbons (Fsp3) is 0.421. The van der Waals surface area contributed by atoms with E-state index in [1.165, 1.54) is 0 Å². The van der Waals surface area contributed by atoms with E-state index >= 15 is 0 Å². The molecule has 2 atom stereocenters. The molecule has 5 nitrogen and oxygen atoms in total. The van der Waals surface area contributed by atoms with Gasteiger partial charge in [0.1, 0.15) is 5.76 Å². The van der Waals surface area contributed by atoms with Crippen LogP contribution >= 0.6 is 0 Å². The SMILES string of the molecule is O=C(NC[C@]12COC[C@H]1CN(Cc1ccco1)C2)c1ccccc1. The van der Waals surface area contributed by atoms with Crippen LogP contribution in [0.15, 0.2) is 53.1 Å². The van der Waals surface area contributed by atoms with Gasteiger partial charge in [0.25, 0.3) is 5.91 Å². The first-order valence-electron chi connectivity index (χ1n) is 8.41. The molecule has 2 aromatic rings. The van der Waals surface area contributed by atoms with E-state index in [0.29, 0.717) is 24.6 Å². The maximum absolute atomic E-state index is 12.3. The molecular weight excluding hydrogens is 304 g/mol. The fourth-order valence-electron chi connectivity index (χ4n) is 3.88. The zero-order chi connectivity index (χ0) is 16.4. The molecule has 2 aliphatic heterocycles. The number of nitrogens with one attached hydrogen (secondary N) is 1. The third-order valence-electron chi connectivity index (χ3n) is 5.19. The van der Waals surface area contributed by atoms with Crippen molar-refractivity contribution in [2.24, 2.45) is 11.3 Å². The summed E-state index contributed by atoms with van der Waals surface area (Å²) in [5.41, 5.74) is 0.714. The van der Waals surface area contributed by atoms with E-state index in [-0.39, 0.29) is 11.3 Å². The molecule has 0 spiro atoms. The Kier molecular flexibility index (Phi) is 4.12. The van der Waals surface area contributed by atoms with Crippen LogP contribution < -0.4 is 5.32 Å². The lowest BCUT2D eigenvalue weighted by Crippen LogP contribution is -2.43. The van der Waals surface area contributed by atoms with Crippen molar-refractivity contribution in [3.63, 3.8) is 0 Å². The second-order valence-electron chi connectivity index (χ2n) is 6.87. The number of carbonyl (C=O) groups is 1. The highest BCUT2D eigenvalue weighted by molar-refractivity contribution is 5.94. The average Bonchev–Trinajstić information content (AvgIpc) is 3.30. The zero-order valence-electron chi connectivity index (χ0n) is 13.6. The third-order valence-corrected chi connectivity index (χ3v) is 5.19. The Morgan fingerprint density at radius 2 is 2.12 bits per heavy atom. The van der Waals surface area contributed by atoms with Gasteiger partial charge in [-0.15, -0.1) is 0 Å². The van der Waals surface area contributed by atoms with Crippen LogP contribution in [0.5, 0.6) is 0 Å². The van der Waals surface area contributed by atoms with Crippen LogP contribution in [0.3, 0.4) is 0 Å². The highest BCUT2D eigenvalue weighted by atomic mass is 16.5. The number of fused-ring (bicyclic) bond motifs is 1. The molecule has 5 heteroatoms. The van der Waals surface area contributed by atoms with Crippen LogP contribution in [-0.2, 0) is 11.3 Å². The second-order valence-corrected chi connectivity index (χ2v) is 6.87. The predicted octanol–water partition coefficient (Wildman–Crippen LogP) is 2.16. The van der Waals surface area contributed by atoms with Gasteiger partial charge in [0.15, 0.2) is 0 Å². The number of rotatable bonds is 5. The van der Waals surface area contributed by atoms with E-state index < -0.39 is 0 Å². The zero-order valence-corrected chi connectivity index (χ0v) is 13.6. The maximum Gasteiger partial charge on any atom is 0.251 e. The number of hydrogen-bond donors (Lipinski definition) is 1. The minimum absolute atomic E-state index is 0.0109. The van der Waals surface area contributed by atoms with Gasteiger partial charge in [-0.1, -0.05) is 18.2 Å². The average molecular weight is 326 g/mol.